The van der Waals surface area contributed by atoms with E-state index in [0.29, 0.717) is 30.7 Å². The van der Waals surface area contributed by atoms with Crippen LogP contribution in [0.5, 0.6) is 0 Å². The first-order valence-electron chi connectivity index (χ1n) is 13.2. The van der Waals surface area contributed by atoms with Crippen LogP contribution in [0.25, 0.3) is 0 Å². The molecule has 0 amide bonds. The largest absolute Gasteiger partial charge is 0.468 e. The van der Waals surface area contributed by atoms with Crippen molar-refractivity contribution in [2.45, 2.75) is 96.1 Å². The van der Waals surface area contributed by atoms with Crippen LogP contribution in [0.4, 0.5) is 0 Å². The average Bonchev–Trinajstić information content (AvgIpc) is 3.53. The molecule has 2 saturated heterocycles. The highest BCUT2D eigenvalue weighted by Gasteiger charge is 2.53. The van der Waals surface area contributed by atoms with Gasteiger partial charge in [0, 0.05) is 5.92 Å². The van der Waals surface area contributed by atoms with Gasteiger partial charge in [0.05, 0.1) is 19.8 Å². The first-order chi connectivity index (χ1) is 15.5. The summed E-state index contributed by atoms with van der Waals surface area (Å²) in [4.78, 5) is 14.4. The molecule has 3 aliphatic carbocycles. The second-order valence-corrected chi connectivity index (χ2v) is 11.0. The molecule has 5 fully saturated rings. The van der Waals surface area contributed by atoms with Crippen molar-refractivity contribution in [3.8, 4) is 0 Å². The lowest BCUT2D eigenvalue weighted by atomic mass is 9.50. The average molecular weight is 448 g/mol. The van der Waals surface area contributed by atoms with Gasteiger partial charge in [0.25, 0.3) is 0 Å². The lowest BCUT2D eigenvalue weighted by Crippen LogP contribution is -2.54. The first-order valence-corrected chi connectivity index (χ1v) is 13.2. The Kier molecular flexibility index (Phi) is 8.33. The molecule has 0 spiro atoms. The molecule has 5 nitrogen and oxygen atoms in total. The molecule has 6 unspecified atom stereocenters. The third-order valence-corrected chi connectivity index (χ3v) is 9.34. The summed E-state index contributed by atoms with van der Waals surface area (Å²) in [5.74, 6) is 1.64. The zero-order chi connectivity index (χ0) is 22.6. The lowest BCUT2D eigenvalue weighted by molar-refractivity contribution is -0.218. The van der Waals surface area contributed by atoms with Gasteiger partial charge in [-0.25, -0.2) is 0 Å². The second kappa shape index (κ2) is 11.0. The number of nitrogens with zero attached hydrogens (tertiary/aromatic N) is 1. The van der Waals surface area contributed by atoms with Crippen LogP contribution in [-0.4, -0.2) is 56.6 Å². The summed E-state index contributed by atoms with van der Waals surface area (Å²) in [5.41, 5.74) is 1.69. The van der Waals surface area contributed by atoms with Gasteiger partial charge in [-0.3, -0.25) is 9.69 Å². The summed E-state index contributed by atoms with van der Waals surface area (Å²) in [6.45, 7) is 10.2. The van der Waals surface area contributed by atoms with E-state index in [9.17, 15) is 4.79 Å². The Bertz CT molecular complexity index is 640. The number of rotatable bonds is 4. The fourth-order valence-corrected chi connectivity index (χ4v) is 7.52. The summed E-state index contributed by atoms with van der Waals surface area (Å²) in [6, 6.07) is -0.0497. The SMILES string of the molecule is C1CCCC1.C=C1CCC2C3COCOC3CCC2(C)C1CCN1CCCC1C(=O)OC. The van der Waals surface area contributed by atoms with Gasteiger partial charge < -0.3 is 14.2 Å². The van der Waals surface area contributed by atoms with E-state index in [1.165, 1.54) is 57.6 Å². The van der Waals surface area contributed by atoms with Gasteiger partial charge in [0.2, 0.25) is 0 Å². The predicted molar refractivity (Wildman–Crippen MR) is 126 cm³/mol. The van der Waals surface area contributed by atoms with Crippen LogP contribution in [-0.2, 0) is 19.0 Å². The Morgan fingerprint density at radius 1 is 1.16 bits per heavy atom. The van der Waals surface area contributed by atoms with Crippen molar-refractivity contribution in [1.82, 2.24) is 4.90 Å². The maximum absolute atomic E-state index is 12.1. The quantitative estimate of drug-likeness (QED) is 0.430. The van der Waals surface area contributed by atoms with Crippen molar-refractivity contribution in [3.63, 3.8) is 0 Å². The number of carbonyl (C=O) groups is 1. The number of carbonyl (C=O) groups excluding carboxylic acids is 1. The van der Waals surface area contributed by atoms with Crippen LogP contribution in [0, 0.1) is 23.2 Å². The molecule has 5 aliphatic rings. The van der Waals surface area contributed by atoms with Gasteiger partial charge in [-0.05, 0) is 75.3 Å². The minimum absolute atomic E-state index is 0.0497. The van der Waals surface area contributed by atoms with E-state index in [1.54, 1.807) is 0 Å². The van der Waals surface area contributed by atoms with Gasteiger partial charge in [-0.2, -0.15) is 0 Å². The molecule has 0 aromatic rings. The van der Waals surface area contributed by atoms with Gasteiger partial charge >= 0.3 is 5.97 Å². The molecule has 0 bridgehead atoms. The smallest absolute Gasteiger partial charge is 0.323 e. The maximum Gasteiger partial charge on any atom is 0.323 e. The second-order valence-electron chi connectivity index (χ2n) is 11.0. The molecular formula is C27H45NO4. The Balaban J connectivity index is 0.000000433. The van der Waals surface area contributed by atoms with Gasteiger partial charge in [-0.15, -0.1) is 0 Å². The first kappa shape index (κ1) is 24.2. The third kappa shape index (κ3) is 5.10. The van der Waals surface area contributed by atoms with E-state index in [4.69, 9.17) is 14.2 Å². The molecule has 182 valence electrons. The molecule has 0 N–H and O–H groups in total. The van der Waals surface area contributed by atoms with Crippen LogP contribution >= 0.6 is 0 Å². The molecule has 2 heterocycles. The molecule has 5 rings (SSSR count). The van der Waals surface area contributed by atoms with Gasteiger partial charge in [-0.1, -0.05) is 51.2 Å². The third-order valence-electron chi connectivity index (χ3n) is 9.34. The van der Waals surface area contributed by atoms with E-state index in [2.05, 4.69) is 18.4 Å². The summed E-state index contributed by atoms with van der Waals surface area (Å²) in [5, 5.41) is 0. The lowest BCUT2D eigenvalue weighted by Gasteiger charge is -2.57. The van der Waals surface area contributed by atoms with E-state index in [0.717, 1.165) is 51.8 Å². The molecule has 0 radical (unpaired) electrons. The normalized spacial score (nSPS) is 39.6. The minimum atomic E-state index is -0.0731. The fraction of sp³-hybridized carbons (Fsp3) is 0.889. The highest BCUT2D eigenvalue weighted by Crippen LogP contribution is 2.58. The van der Waals surface area contributed by atoms with Crippen molar-refractivity contribution in [1.29, 1.82) is 0 Å². The summed E-state index contributed by atoms with van der Waals surface area (Å²) < 4.78 is 16.6. The van der Waals surface area contributed by atoms with E-state index in [1.807, 2.05) is 0 Å². The topological polar surface area (TPSA) is 48.0 Å². The van der Waals surface area contributed by atoms with E-state index < -0.39 is 0 Å². The van der Waals surface area contributed by atoms with Crippen LogP contribution in [0.1, 0.15) is 84.0 Å². The molecule has 0 aromatic carbocycles. The molecule has 5 heteroatoms. The van der Waals surface area contributed by atoms with Crippen LogP contribution in [0.15, 0.2) is 12.2 Å². The zero-order valence-electron chi connectivity index (χ0n) is 20.5. The van der Waals surface area contributed by atoms with Gasteiger partial charge in [0.1, 0.15) is 12.8 Å². The number of hydrogen-bond donors (Lipinski definition) is 0. The molecular weight excluding hydrogens is 402 g/mol. The fourth-order valence-electron chi connectivity index (χ4n) is 7.52. The standard InChI is InChI=1S/C22H35NO4.C5H10/c1-15-6-7-18-16-13-26-14-27-20(16)8-10-22(18,2)17(15)9-12-23-11-4-5-19(23)21(24)25-3;1-2-4-5-3-1/h16-20H,1,4-14H2,2-3H3;1-5H2. The van der Waals surface area contributed by atoms with Gasteiger partial charge in [0.15, 0.2) is 0 Å². The Morgan fingerprint density at radius 2 is 1.91 bits per heavy atom. The zero-order valence-corrected chi connectivity index (χ0v) is 20.5. The Hall–Kier alpha value is -0.910. The van der Waals surface area contributed by atoms with Crippen LogP contribution in [0.2, 0.25) is 0 Å². The Morgan fingerprint density at radius 3 is 2.62 bits per heavy atom. The molecule has 3 saturated carbocycles. The predicted octanol–water partition coefficient (Wildman–Crippen LogP) is 5.34. The van der Waals surface area contributed by atoms with Crippen molar-refractivity contribution in [2.75, 3.05) is 33.6 Å². The summed E-state index contributed by atoms with van der Waals surface area (Å²) in [7, 11) is 1.50. The number of esters is 1. The van der Waals surface area contributed by atoms with Crippen molar-refractivity contribution < 1.29 is 19.0 Å². The van der Waals surface area contributed by atoms with Crippen LogP contribution in [0.3, 0.4) is 0 Å². The molecule has 2 aliphatic heterocycles. The highest BCUT2D eigenvalue weighted by molar-refractivity contribution is 5.75. The number of ether oxygens (including phenoxy) is 3. The molecule has 0 aromatic heterocycles. The number of hydrogen-bond acceptors (Lipinski definition) is 5. The number of allylic oxidation sites excluding steroid dienone is 1. The number of fused-ring (bicyclic) bond motifs is 3. The minimum Gasteiger partial charge on any atom is -0.468 e. The number of methoxy groups -OCH3 is 1. The molecule has 32 heavy (non-hydrogen) atoms. The molecule has 6 atom stereocenters. The van der Waals surface area contributed by atoms with E-state index >= 15 is 0 Å². The van der Waals surface area contributed by atoms with Crippen LogP contribution < -0.4 is 0 Å². The van der Waals surface area contributed by atoms with E-state index in [-0.39, 0.29) is 17.4 Å². The monoisotopic (exact) mass is 447 g/mol. The Labute approximate surface area is 195 Å². The van der Waals surface area contributed by atoms with Crippen molar-refractivity contribution in [2.24, 2.45) is 23.2 Å². The summed E-state index contributed by atoms with van der Waals surface area (Å²) in [6.07, 6.45) is 15.7. The van der Waals surface area contributed by atoms with Crippen molar-refractivity contribution >= 4 is 5.97 Å². The maximum atomic E-state index is 12.1. The summed E-state index contributed by atoms with van der Waals surface area (Å²) >= 11 is 0. The number of likely N-dealkylation sites (tertiary alicyclic amines) is 1. The highest BCUT2D eigenvalue weighted by atomic mass is 16.7. The van der Waals surface area contributed by atoms with Crippen molar-refractivity contribution in [3.05, 3.63) is 12.2 Å².